The van der Waals surface area contributed by atoms with E-state index in [1.165, 1.54) is 4.31 Å². The van der Waals surface area contributed by atoms with Gasteiger partial charge >= 0.3 is 6.09 Å². The molecule has 0 aliphatic carbocycles. The SMILES string of the molecule is CC(C)S(=O)(=O)N1CCCC1NC(=O)O. The largest absolute Gasteiger partial charge is 0.465 e. The number of nitrogens with zero attached hydrogens (tertiary/aromatic N) is 1. The van der Waals surface area contributed by atoms with E-state index >= 15 is 0 Å². The molecule has 6 nitrogen and oxygen atoms in total. The summed E-state index contributed by atoms with van der Waals surface area (Å²) in [5, 5.41) is 10.3. The maximum atomic E-state index is 11.8. The van der Waals surface area contributed by atoms with Crippen LogP contribution in [0.4, 0.5) is 4.79 Å². The normalized spacial score (nSPS) is 23.3. The van der Waals surface area contributed by atoms with Crippen molar-refractivity contribution in [2.24, 2.45) is 0 Å². The van der Waals surface area contributed by atoms with E-state index in [1.54, 1.807) is 13.8 Å². The summed E-state index contributed by atoms with van der Waals surface area (Å²) in [6, 6.07) is 0. The van der Waals surface area contributed by atoms with E-state index in [9.17, 15) is 13.2 Å². The number of nitrogens with one attached hydrogen (secondary N) is 1. The van der Waals surface area contributed by atoms with Crippen molar-refractivity contribution in [1.82, 2.24) is 9.62 Å². The smallest absolute Gasteiger partial charge is 0.405 e. The van der Waals surface area contributed by atoms with Gasteiger partial charge < -0.3 is 10.4 Å². The molecule has 0 radical (unpaired) electrons. The molecule has 0 spiro atoms. The van der Waals surface area contributed by atoms with Crippen LogP contribution in [0.5, 0.6) is 0 Å². The fourth-order valence-electron chi connectivity index (χ4n) is 1.60. The lowest BCUT2D eigenvalue weighted by atomic mass is 10.3. The number of carboxylic acid groups (broad SMARTS) is 1. The third kappa shape index (κ3) is 2.60. The molecule has 7 heteroatoms. The predicted molar refractivity (Wildman–Crippen MR) is 54.9 cm³/mol. The molecular weight excluding hydrogens is 220 g/mol. The Labute approximate surface area is 89.3 Å². The molecular formula is C8H16N2O4S. The molecule has 0 bridgehead atoms. The van der Waals surface area contributed by atoms with Gasteiger partial charge in [0, 0.05) is 6.54 Å². The summed E-state index contributed by atoms with van der Waals surface area (Å²) in [6.07, 6.45) is -0.560. The first kappa shape index (κ1) is 12.3. The van der Waals surface area contributed by atoms with E-state index in [2.05, 4.69) is 5.32 Å². The van der Waals surface area contributed by atoms with Crippen molar-refractivity contribution in [3.05, 3.63) is 0 Å². The lowest BCUT2D eigenvalue weighted by molar-refractivity contribution is 0.182. The molecule has 1 aliphatic rings. The topological polar surface area (TPSA) is 86.7 Å². The van der Waals surface area contributed by atoms with Gasteiger partial charge in [0.15, 0.2) is 0 Å². The van der Waals surface area contributed by atoms with Crippen LogP contribution in [-0.2, 0) is 10.0 Å². The second kappa shape index (κ2) is 4.36. The number of carbonyl (C=O) groups is 1. The maximum Gasteiger partial charge on any atom is 0.405 e. The minimum Gasteiger partial charge on any atom is -0.465 e. The molecule has 1 aliphatic heterocycles. The fraction of sp³-hybridized carbons (Fsp3) is 0.875. The number of amides is 1. The molecule has 0 saturated carbocycles. The number of sulfonamides is 1. The molecule has 1 saturated heterocycles. The van der Waals surface area contributed by atoms with E-state index < -0.39 is 27.5 Å². The summed E-state index contributed by atoms with van der Waals surface area (Å²) < 4.78 is 24.9. The fourth-order valence-corrected chi connectivity index (χ4v) is 3.04. The molecule has 1 fully saturated rings. The predicted octanol–water partition coefficient (Wildman–Crippen LogP) is 0.414. The molecule has 1 amide bonds. The van der Waals surface area contributed by atoms with Crippen LogP contribution < -0.4 is 5.32 Å². The van der Waals surface area contributed by atoms with Gasteiger partial charge in [-0.3, -0.25) is 0 Å². The van der Waals surface area contributed by atoms with Gasteiger partial charge in [0.05, 0.1) is 11.4 Å². The van der Waals surface area contributed by atoms with Crippen molar-refractivity contribution in [2.45, 2.75) is 38.1 Å². The summed E-state index contributed by atoms with van der Waals surface area (Å²) in [7, 11) is -3.36. The van der Waals surface area contributed by atoms with Gasteiger partial charge in [0.2, 0.25) is 10.0 Å². The second-order valence-electron chi connectivity index (χ2n) is 3.81. The van der Waals surface area contributed by atoms with Crippen LogP contribution >= 0.6 is 0 Å². The van der Waals surface area contributed by atoms with Crippen molar-refractivity contribution >= 4 is 16.1 Å². The molecule has 1 atom stereocenters. The van der Waals surface area contributed by atoms with Crippen molar-refractivity contribution in [2.75, 3.05) is 6.54 Å². The van der Waals surface area contributed by atoms with E-state index in [0.717, 1.165) is 0 Å². The van der Waals surface area contributed by atoms with E-state index in [4.69, 9.17) is 5.11 Å². The van der Waals surface area contributed by atoms with E-state index in [0.29, 0.717) is 19.4 Å². The summed E-state index contributed by atoms with van der Waals surface area (Å²) in [5.74, 6) is 0. The van der Waals surface area contributed by atoms with Crippen LogP contribution in [0.25, 0.3) is 0 Å². The highest BCUT2D eigenvalue weighted by Crippen LogP contribution is 2.21. The van der Waals surface area contributed by atoms with Gasteiger partial charge in [-0.15, -0.1) is 0 Å². The van der Waals surface area contributed by atoms with Crippen molar-refractivity contribution < 1.29 is 18.3 Å². The molecule has 0 aromatic rings. The standard InChI is InChI=1S/C8H16N2O4S/c1-6(2)15(13,14)10-5-3-4-7(10)9-8(11)12/h6-7,9H,3-5H2,1-2H3,(H,11,12). The third-order valence-corrected chi connectivity index (χ3v) is 4.70. The summed E-state index contributed by atoms with van der Waals surface area (Å²) >= 11 is 0. The Morgan fingerprint density at radius 3 is 2.60 bits per heavy atom. The molecule has 1 rings (SSSR count). The third-order valence-electron chi connectivity index (χ3n) is 2.42. The monoisotopic (exact) mass is 236 g/mol. The first-order valence-electron chi connectivity index (χ1n) is 4.86. The number of hydrogen-bond acceptors (Lipinski definition) is 3. The molecule has 88 valence electrons. The molecule has 0 aromatic heterocycles. The minimum absolute atomic E-state index is 0.394. The van der Waals surface area contributed by atoms with Crippen LogP contribution in [-0.4, -0.2) is 41.9 Å². The Bertz CT molecular complexity index is 339. The average Bonchev–Trinajstić information content (AvgIpc) is 2.51. The lowest BCUT2D eigenvalue weighted by Gasteiger charge is -2.25. The highest BCUT2D eigenvalue weighted by molar-refractivity contribution is 7.89. The average molecular weight is 236 g/mol. The Hall–Kier alpha value is -0.820. The van der Waals surface area contributed by atoms with Gasteiger partial charge in [-0.1, -0.05) is 0 Å². The minimum atomic E-state index is -3.36. The first-order chi connectivity index (χ1) is 6.85. The second-order valence-corrected chi connectivity index (χ2v) is 6.25. The van der Waals surface area contributed by atoms with Crippen molar-refractivity contribution in [1.29, 1.82) is 0 Å². The van der Waals surface area contributed by atoms with Gasteiger partial charge in [0.1, 0.15) is 0 Å². The van der Waals surface area contributed by atoms with Gasteiger partial charge in [0.25, 0.3) is 0 Å². The van der Waals surface area contributed by atoms with Gasteiger partial charge in [-0.25, -0.2) is 13.2 Å². The molecule has 0 aromatic carbocycles. The number of hydrogen-bond donors (Lipinski definition) is 2. The highest BCUT2D eigenvalue weighted by Gasteiger charge is 2.36. The lowest BCUT2D eigenvalue weighted by Crippen LogP contribution is -2.48. The van der Waals surface area contributed by atoms with Crippen LogP contribution in [0, 0.1) is 0 Å². The Morgan fingerprint density at radius 1 is 1.53 bits per heavy atom. The molecule has 1 unspecified atom stereocenters. The zero-order valence-electron chi connectivity index (χ0n) is 8.80. The maximum absolute atomic E-state index is 11.8. The van der Waals surface area contributed by atoms with Crippen LogP contribution in [0.1, 0.15) is 26.7 Å². The molecule has 15 heavy (non-hydrogen) atoms. The summed E-state index contributed by atoms with van der Waals surface area (Å²) in [6.45, 7) is 3.57. The molecule has 2 N–H and O–H groups in total. The quantitative estimate of drug-likeness (QED) is 0.743. The van der Waals surface area contributed by atoms with Crippen molar-refractivity contribution in [3.63, 3.8) is 0 Å². The Kier molecular flexibility index (Phi) is 3.56. The van der Waals surface area contributed by atoms with E-state index in [-0.39, 0.29) is 0 Å². The summed E-state index contributed by atoms with van der Waals surface area (Å²) in [4.78, 5) is 10.5. The van der Waals surface area contributed by atoms with Gasteiger partial charge in [-0.05, 0) is 26.7 Å². The Balaban J connectivity index is 2.81. The zero-order chi connectivity index (χ0) is 11.6. The molecule has 1 heterocycles. The first-order valence-corrected chi connectivity index (χ1v) is 6.36. The number of rotatable bonds is 3. The summed E-state index contributed by atoms with van der Waals surface area (Å²) in [5.41, 5.74) is 0. The zero-order valence-corrected chi connectivity index (χ0v) is 9.62. The van der Waals surface area contributed by atoms with E-state index in [1.807, 2.05) is 0 Å². The van der Waals surface area contributed by atoms with Gasteiger partial charge in [-0.2, -0.15) is 4.31 Å². The Morgan fingerprint density at radius 2 is 2.13 bits per heavy atom. The van der Waals surface area contributed by atoms with Crippen LogP contribution in [0.15, 0.2) is 0 Å². The highest BCUT2D eigenvalue weighted by atomic mass is 32.2. The van der Waals surface area contributed by atoms with Crippen LogP contribution in [0.3, 0.4) is 0 Å². The van der Waals surface area contributed by atoms with Crippen LogP contribution in [0.2, 0.25) is 0 Å². The van der Waals surface area contributed by atoms with Crippen molar-refractivity contribution in [3.8, 4) is 0 Å².